The van der Waals surface area contributed by atoms with Crippen LogP contribution in [-0.2, 0) is 4.79 Å². The molecule has 4 rings (SSSR count). The molecule has 0 saturated carbocycles. The van der Waals surface area contributed by atoms with Crippen LogP contribution in [0.3, 0.4) is 0 Å². The zero-order valence-corrected chi connectivity index (χ0v) is 18.9. The zero-order valence-electron chi connectivity index (χ0n) is 18.9. The van der Waals surface area contributed by atoms with E-state index in [4.69, 9.17) is 4.42 Å². The molecule has 7 heteroatoms. The molecule has 170 valence electrons. The number of carbonyl (C=O) groups excluding carboxylic acids is 2. The summed E-state index contributed by atoms with van der Waals surface area (Å²) >= 11 is 0. The lowest BCUT2D eigenvalue weighted by molar-refractivity contribution is -0.113. The second-order valence-corrected chi connectivity index (χ2v) is 8.18. The fourth-order valence-corrected chi connectivity index (χ4v) is 3.59. The number of amides is 2. The minimum Gasteiger partial charge on any atom is -0.465 e. The van der Waals surface area contributed by atoms with Gasteiger partial charge in [0.1, 0.15) is 11.5 Å². The van der Waals surface area contributed by atoms with E-state index in [1.165, 1.54) is 12.3 Å². The Morgan fingerprint density at radius 2 is 1.64 bits per heavy atom. The molecule has 2 aromatic carbocycles. The highest BCUT2D eigenvalue weighted by Gasteiger charge is 2.17. The predicted molar refractivity (Wildman–Crippen MR) is 130 cm³/mol. The second kappa shape index (κ2) is 10.2. The first kappa shape index (κ1) is 22.4. The minimum atomic E-state index is -0.431. The van der Waals surface area contributed by atoms with Crippen molar-refractivity contribution in [3.63, 3.8) is 0 Å². The molecule has 0 spiro atoms. The molecule has 1 aliphatic heterocycles. The molecule has 1 aromatic heterocycles. The Bertz CT molecular complexity index is 1110. The number of piperazine rings is 1. The standard InChI is InChI=1S/C26H28N4O3/c1-19-5-7-20(8-6-19)25(31)28-24(18-23-4-3-17-33-23)26(32)27-21-9-11-22(12-10-21)30-15-13-29(2)14-16-30/h3-12,17-18H,13-16H2,1-2H3,(H,27,32)(H,28,31)/b24-18-. The SMILES string of the molecule is Cc1ccc(C(=O)N/C(=C\c2ccco2)C(=O)Nc2ccc(N3CCN(C)CC3)cc2)cc1. The Labute approximate surface area is 193 Å². The first-order valence-electron chi connectivity index (χ1n) is 11.0. The van der Waals surface area contributed by atoms with Crippen LogP contribution in [0.4, 0.5) is 11.4 Å². The van der Waals surface area contributed by atoms with Crippen LogP contribution in [0, 0.1) is 6.92 Å². The molecule has 2 amide bonds. The molecule has 33 heavy (non-hydrogen) atoms. The molecule has 0 atom stereocenters. The van der Waals surface area contributed by atoms with Crippen LogP contribution in [0.5, 0.6) is 0 Å². The number of benzene rings is 2. The molecule has 2 N–H and O–H groups in total. The van der Waals surface area contributed by atoms with Crippen molar-refractivity contribution in [2.45, 2.75) is 6.92 Å². The molecule has 7 nitrogen and oxygen atoms in total. The summed E-state index contributed by atoms with van der Waals surface area (Å²) in [5, 5.41) is 5.58. The predicted octanol–water partition coefficient (Wildman–Crippen LogP) is 3.75. The lowest BCUT2D eigenvalue weighted by atomic mass is 10.1. The van der Waals surface area contributed by atoms with Crippen LogP contribution < -0.4 is 15.5 Å². The summed E-state index contributed by atoms with van der Waals surface area (Å²) in [5.74, 6) is -0.331. The number of furan rings is 1. The summed E-state index contributed by atoms with van der Waals surface area (Å²) in [6.45, 7) is 5.96. The number of rotatable bonds is 6. The van der Waals surface area contributed by atoms with Crippen LogP contribution in [0.1, 0.15) is 21.7 Å². The average Bonchev–Trinajstić information content (AvgIpc) is 3.33. The monoisotopic (exact) mass is 444 g/mol. The van der Waals surface area contributed by atoms with Gasteiger partial charge in [0.2, 0.25) is 0 Å². The maximum absolute atomic E-state index is 13.0. The molecule has 0 radical (unpaired) electrons. The van der Waals surface area contributed by atoms with Gasteiger partial charge in [-0.05, 0) is 62.5 Å². The lowest BCUT2D eigenvalue weighted by Gasteiger charge is -2.34. The van der Waals surface area contributed by atoms with E-state index in [2.05, 4.69) is 27.5 Å². The molecular weight excluding hydrogens is 416 g/mol. The molecule has 1 fully saturated rings. The van der Waals surface area contributed by atoms with Crippen molar-refractivity contribution in [2.24, 2.45) is 0 Å². The van der Waals surface area contributed by atoms with Crippen LogP contribution >= 0.6 is 0 Å². The summed E-state index contributed by atoms with van der Waals surface area (Å²) in [7, 11) is 2.13. The highest BCUT2D eigenvalue weighted by atomic mass is 16.3. The quantitative estimate of drug-likeness (QED) is 0.566. The van der Waals surface area contributed by atoms with E-state index in [-0.39, 0.29) is 11.6 Å². The number of likely N-dealkylation sites (N-methyl/N-ethyl adjacent to an activating group) is 1. The highest BCUT2D eigenvalue weighted by Crippen LogP contribution is 2.20. The number of hydrogen-bond donors (Lipinski definition) is 2. The fraction of sp³-hybridized carbons (Fsp3) is 0.231. The van der Waals surface area contributed by atoms with Gasteiger partial charge in [0.15, 0.2) is 0 Å². The second-order valence-electron chi connectivity index (χ2n) is 8.18. The Balaban J connectivity index is 1.47. The van der Waals surface area contributed by atoms with E-state index in [9.17, 15) is 9.59 Å². The van der Waals surface area contributed by atoms with Gasteiger partial charge in [0, 0.05) is 49.2 Å². The molecule has 0 unspecified atom stereocenters. The fourth-order valence-electron chi connectivity index (χ4n) is 3.59. The van der Waals surface area contributed by atoms with Crippen molar-refractivity contribution in [1.29, 1.82) is 0 Å². The zero-order chi connectivity index (χ0) is 23.2. The Morgan fingerprint density at radius 1 is 0.939 bits per heavy atom. The third kappa shape index (κ3) is 5.90. The Kier molecular flexibility index (Phi) is 6.90. The number of nitrogens with one attached hydrogen (secondary N) is 2. The topological polar surface area (TPSA) is 77.8 Å². The van der Waals surface area contributed by atoms with Crippen molar-refractivity contribution < 1.29 is 14.0 Å². The van der Waals surface area contributed by atoms with Crippen LogP contribution in [0.15, 0.2) is 77.0 Å². The molecule has 1 saturated heterocycles. The van der Waals surface area contributed by atoms with Gasteiger partial charge in [0.25, 0.3) is 11.8 Å². The van der Waals surface area contributed by atoms with Gasteiger partial charge in [-0.1, -0.05) is 17.7 Å². The average molecular weight is 445 g/mol. The summed E-state index contributed by atoms with van der Waals surface area (Å²) in [4.78, 5) is 30.4. The van der Waals surface area contributed by atoms with Crippen molar-refractivity contribution >= 4 is 29.3 Å². The maximum atomic E-state index is 13.0. The summed E-state index contributed by atoms with van der Waals surface area (Å²) in [6, 6.07) is 18.4. The minimum absolute atomic E-state index is 0.0960. The van der Waals surface area contributed by atoms with Gasteiger partial charge in [-0.3, -0.25) is 9.59 Å². The molecule has 2 heterocycles. The summed E-state index contributed by atoms with van der Waals surface area (Å²) in [6.07, 6.45) is 3.03. The molecule has 0 aliphatic carbocycles. The number of anilines is 2. The number of carbonyl (C=O) groups is 2. The third-order valence-corrected chi connectivity index (χ3v) is 5.63. The molecule has 0 bridgehead atoms. The number of nitrogens with zero attached hydrogens (tertiary/aromatic N) is 2. The number of hydrogen-bond acceptors (Lipinski definition) is 5. The van der Waals surface area contributed by atoms with Crippen molar-refractivity contribution in [3.8, 4) is 0 Å². The lowest BCUT2D eigenvalue weighted by Crippen LogP contribution is -2.44. The molecule has 3 aromatic rings. The first-order valence-corrected chi connectivity index (χ1v) is 11.0. The van der Waals surface area contributed by atoms with Gasteiger partial charge in [-0.2, -0.15) is 0 Å². The smallest absolute Gasteiger partial charge is 0.272 e. The normalized spacial score (nSPS) is 14.7. The van der Waals surface area contributed by atoms with E-state index in [1.54, 1.807) is 24.3 Å². The van der Waals surface area contributed by atoms with Gasteiger partial charge in [-0.25, -0.2) is 0 Å². The van der Waals surface area contributed by atoms with E-state index in [1.807, 2.05) is 43.3 Å². The van der Waals surface area contributed by atoms with Crippen molar-refractivity contribution in [2.75, 3.05) is 43.4 Å². The Hall–Kier alpha value is -3.84. The van der Waals surface area contributed by atoms with E-state index in [0.29, 0.717) is 17.0 Å². The van der Waals surface area contributed by atoms with E-state index < -0.39 is 5.91 Å². The van der Waals surface area contributed by atoms with Gasteiger partial charge in [-0.15, -0.1) is 0 Å². The van der Waals surface area contributed by atoms with Crippen LogP contribution in [0.2, 0.25) is 0 Å². The first-order chi connectivity index (χ1) is 16.0. The van der Waals surface area contributed by atoms with Gasteiger partial charge < -0.3 is 24.9 Å². The van der Waals surface area contributed by atoms with Crippen molar-refractivity contribution in [3.05, 3.63) is 89.5 Å². The molecule has 1 aliphatic rings. The largest absolute Gasteiger partial charge is 0.465 e. The van der Waals surface area contributed by atoms with Crippen LogP contribution in [-0.4, -0.2) is 49.9 Å². The third-order valence-electron chi connectivity index (χ3n) is 5.63. The van der Waals surface area contributed by atoms with E-state index >= 15 is 0 Å². The highest BCUT2D eigenvalue weighted by molar-refractivity contribution is 6.10. The van der Waals surface area contributed by atoms with Gasteiger partial charge >= 0.3 is 0 Å². The number of aryl methyl sites for hydroxylation is 1. The Morgan fingerprint density at radius 3 is 2.27 bits per heavy atom. The van der Waals surface area contributed by atoms with Gasteiger partial charge in [0.05, 0.1) is 6.26 Å². The maximum Gasteiger partial charge on any atom is 0.272 e. The van der Waals surface area contributed by atoms with E-state index in [0.717, 1.165) is 37.4 Å². The summed E-state index contributed by atoms with van der Waals surface area (Å²) < 4.78 is 5.34. The van der Waals surface area contributed by atoms with Crippen LogP contribution in [0.25, 0.3) is 6.08 Å². The summed E-state index contributed by atoms with van der Waals surface area (Å²) in [5.41, 5.74) is 3.39. The van der Waals surface area contributed by atoms with Crippen molar-refractivity contribution in [1.82, 2.24) is 10.2 Å². The molecular formula is C26H28N4O3.